The van der Waals surface area contributed by atoms with E-state index in [0.29, 0.717) is 35.3 Å². The Hall–Kier alpha value is -3.53. The first-order valence-electron chi connectivity index (χ1n) is 9.17. The molecule has 1 amide bonds. The second-order valence-electron chi connectivity index (χ2n) is 6.76. The van der Waals surface area contributed by atoms with Crippen LogP contribution in [0.2, 0.25) is 0 Å². The van der Waals surface area contributed by atoms with Gasteiger partial charge in [0.15, 0.2) is 17.6 Å². The lowest BCUT2D eigenvalue weighted by molar-refractivity contribution is -0.123. The minimum Gasteiger partial charge on any atom is -0.493 e. The zero-order chi connectivity index (χ0) is 21.4. The number of hydrogen-bond acceptors (Lipinski definition) is 6. The molecule has 0 radical (unpaired) electrons. The van der Waals surface area contributed by atoms with Gasteiger partial charge in [0.1, 0.15) is 6.07 Å². The highest BCUT2D eigenvalue weighted by atomic mass is 16.5. The molecule has 0 saturated carbocycles. The number of carbonyl (C=O) groups is 2. The third-order valence-electron chi connectivity index (χ3n) is 3.93. The van der Waals surface area contributed by atoms with Crippen LogP contribution in [-0.4, -0.2) is 31.7 Å². The van der Waals surface area contributed by atoms with Crippen LogP contribution >= 0.6 is 0 Å². The molecule has 2 rings (SSSR count). The van der Waals surface area contributed by atoms with Gasteiger partial charge in [-0.1, -0.05) is 26.0 Å². The number of carbonyl (C=O) groups excluding carboxylic acids is 2. The molecular formula is C22H24N2O5. The summed E-state index contributed by atoms with van der Waals surface area (Å²) in [6, 6.07) is 13.3. The number of anilines is 1. The van der Waals surface area contributed by atoms with Crippen molar-refractivity contribution in [1.29, 1.82) is 5.26 Å². The van der Waals surface area contributed by atoms with Crippen molar-refractivity contribution in [3.05, 3.63) is 53.6 Å². The summed E-state index contributed by atoms with van der Waals surface area (Å²) in [6.07, 6.45) is -1.06. The maximum Gasteiger partial charge on any atom is 0.339 e. The van der Waals surface area contributed by atoms with E-state index in [-0.39, 0.29) is 5.56 Å². The molecule has 0 aliphatic heterocycles. The van der Waals surface area contributed by atoms with E-state index in [1.807, 2.05) is 19.9 Å². The van der Waals surface area contributed by atoms with E-state index in [1.165, 1.54) is 20.1 Å². The molecule has 2 aromatic rings. The standard InChI is InChI=1S/C22H24N2O5/c1-14(2)13-28-19-10-9-16(11-20(19)27-4)22(26)29-15(3)21(25)24-18-8-6-5-7-17(18)12-23/h5-11,14-15H,13H2,1-4H3,(H,24,25)/t15-/m1/s1. The van der Waals surface area contributed by atoms with Gasteiger partial charge in [-0.3, -0.25) is 4.79 Å². The second-order valence-corrected chi connectivity index (χ2v) is 6.76. The van der Waals surface area contributed by atoms with Gasteiger partial charge in [0.05, 0.1) is 30.5 Å². The molecule has 0 bridgehead atoms. The molecule has 1 atom stereocenters. The van der Waals surface area contributed by atoms with Crippen LogP contribution in [0.25, 0.3) is 0 Å². The van der Waals surface area contributed by atoms with Crippen molar-refractivity contribution >= 4 is 17.6 Å². The van der Waals surface area contributed by atoms with Crippen LogP contribution in [0, 0.1) is 17.2 Å². The van der Waals surface area contributed by atoms with Gasteiger partial charge in [-0.15, -0.1) is 0 Å². The van der Waals surface area contributed by atoms with E-state index in [0.717, 1.165) is 0 Å². The van der Waals surface area contributed by atoms with Crippen LogP contribution in [-0.2, 0) is 9.53 Å². The number of amides is 1. The highest BCUT2D eigenvalue weighted by Crippen LogP contribution is 2.29. The molecule has 152 valence electrons. The number of methoxy groups -OCH3 is 1. The summed E-state index contributed by atoms with van der Waals surface area (Å²) < 4.78 is 16.2. The number of nitriles is 1. The Bertz CT molecular complexity index is 918. The summed E-state index contributed by atoms with van der Waals surface area (Å²) in [6.45, 7) is 6.03. The number of nitrogens with one attached hydrogen (secondary N) is 1. The average molecular weight is 396 g/mol. The lowest BCUT2D eigenvalue weighted by Gasteiger charge is -2.16. The maximum absolute atomic E-state index is 12.4. The monoisotopic (exact) mass is 396 g/mol. The van der Waals surface area contributed by atoms with Crippen molar-refractivity contribution in [2.75, 3.05) is 19.0 Å². The van der Waals surface area contributed by atoms with Crippen LogP contribution in [0.4, 0.5) is 5.69 Å². The number of para-hydroxylation sites is 1. The molecule has 0 saturated heterocycles. The van der Waals surface area contributed by atoms with Crippen molar-refractivity contribution in [3.63, 3.8) is 0 Å². The van der Waals surface area contributed by atoms with Gasteiger partial charge in [0.2, 0.25) is 0 Å². The smallest absolute Gasteiger partial charge is 0.339 e. The predicted molar refractivity (Wildman–Crippen MR) is 108 cm³/mol. The van der Waals surface area contributed by atoms with Gasteiger partial charge in [-0.25, -0.2) is 4.79 Å². The Morgan fingerprint density at radius 3 is 2.48 bits per heavy atom. The fourth-order valence-electron chi connectivity index (χ4n) is 2.38. The summed E-state index contributed by atoms with van der Waals surface area (Å²) in [5.41, 5.74) is 0.910. The minimum absolute atomic E-state index is 0.232. The fourth-order valence-corrected chi connectivity index (χ4v) is 2.38. The fraction of sp³-hybridized carbons (Fsp3) is 0.318. The Labute approximate surface area is 170 Å². The topological polar surface area (TPSA) is 97.6 Å². The Balaban J connectivity index is 2.05. The van der Waals surface area contributed by atoms with Crippen molar-refractivity contribution in [2.45, 2.75) is 26.9 Å². The largest absolute Gasteiger partial charge is 0.493 e. The van der Waals surface area contributed by atoms with Crippen LogP contribution in [0.1, 0.15) is 36.7 Å². The second kappa shape index (κ2) is 10.1. The normalized spacial score (nSPS) is 11.3. The van der Waals surface area contributed by atoms with Gasteiger partial charge in [-0.05, 0) is 43.2 Å². The van der Waals surface area contributed by atoms with Gasteiger partial charge in [0.25, 0.3) is 5.91 Å². The van der Waals surface area contributed by atoms with E-state index >= 15 is 0 Å². The van der Waals surface area contributed by atoms with E-state index < -0.39 is 18.0 Å². The number of ether oxygens (including phenoxy) is 3. The first-order valence-corrected chi connectivity index (χ1v) is 9.17. The van der Waals surface area contributed by atoms with E-state index in [1.54, 1.807) is 36.4 Å². The third-order valence-corrected chi connectivity index (χ3v) is 3.93. The highest BCUT2D eigenvalue weighted by molar-refractivity contribution is 5.98. The maximum atomic E-state index is 12.4. The lowest BCUT2D eigenvalue weighted by Crippen LogP contribution is -2.30. The Kier molecular flexibility index (Phi) is 7.61. The van der Waals surface area contributed by atoms with Gasteiger partial charge in [-0.2, -0.15) is 5.26 Å². The van der Waals surface area contributed by atoms with Gasteiger partial charge >= 0.3 is 5.97 Å². The van der Waals surface area contributed by atoms with Crippen LogP contribution < -0.4 is 14.8 Å². The van der Waals surface area contributed by atoms with Crippen LogP contribution in [0.3, 0.4) is 0 Å². The summed E-state index contributed by atoms with van der Waals surface area (Å²) >= 11 is 0. The molecule has 29 heavy (non-hydrogen) atoms. The number of hydrogen-bond donors (Lipinski definition) is 1. The Morgan fingerprint density at radius 1 is 1.10 bits per heavy atom. The Morgan fingerprint density at radius 2 is 1.83 bits per heavy atom. The zero-order valence-corrected chi connectivity index (χ0v) is 16.9. The minimum atomic E-state index is -1.06. The average Bonchev–Trinajstić information content (AvgIpc) is 2.72. The summed E-state index contributed by atoms with van der Waals surface area (Å²) in [5.74, 6) is 0.0616. The summed E-state index contributed by atoms with van der Waals surface area (Å²) in [4.78, 5) is 24.8. The molecule has 0 aromatic heterocycles. The molecule has 0 aliphatic rings. The van der Waals surface area contributed by atoms with Gasteiger partial charge < -0.3 is 19.5 Å². The summed E-state index contributed by atoms with van der Waals surface area (Å²) in [5, 5.41) is 11.7. The third kappa shape index (κ3) is 5.98. The lowest BCUT2D eigenvalue weighted by atomic mass is 10.2. The molecule has 2 aromatic carbocycles. The van der Waals surface area contributed by atoms with Crippen LogP contribution in [0.15, 0.2) is 42.5 Å². The van der Waals surface area contributed by atoms with E-state index in [2.05, 4.69) is 5.32 Å². The number of nitrogens with zero attached hydrogens (tertiary/aromatic N) is 1. The van der Waals surface area contributed by atoms with E-state index in [9.17, 15) is 9.59 Å². The SMILES string of the molecule is COc1cc(C(=O)O[C@H](C)C(=O)Nc2ccccc2C#N)ccc1OCC(C)C. The number of benzene rings is 2. The zero-order valence-electron chi connectivity index (χ0n) is 16.9. The van der Waals surface area contributed by atoms with Crippen molar-refractivity contribution in [3.8, 4) is 17.6 Å². The molecule has 0 spiro atoms. The molecule has 1 N–H and O–H groups in total. The van der Waals surface area contributed by atoms with Crippen molar-refractivity contribution in [1.82, 2.24) is 0 Å². The highest BCUT2D eigenvalue weighted by Gasteiger charge is 2.21. The number of rotatable bonds is 8. The molecule has 0 heterocycles. The molecule has 0 fully saturated rings. The molecule has 7 heteroatoms. The quantitative estimate of drug-likeness (QED) is 0.682. The molecule has 7 nitrogen and oxygen atoms in total. The number of esters is 1. The first-order chi connectivity index (χ1) is 13.8. The molecular weight excluding hydrogens is 372 g/mol. The predicted octanol–water partition coefficient (Wildman–Crippen LogP) is 3.79. The molecule has 0 unspecified atom stereocenters. The van der Waals surface area contributed by atoms with Crippen molar-refractivity contribution in [2.24, 2.45) is 5.92 Å². The molecule has 0 aliphatic carbocycles. The summed E-state index contributed by atoms with van der Waals surface area (Å²) in [7, 11) is 1.48. The van der Waals surface area contributed by atoms with E-state index in [4.69, 9.17) is 19.5 Å². The van der Waals surface area contributed by atoms with Gasteiger partial charge in [0, 0.05) is 0 Å². The van der Waals surface area contributed by atoms with Crippen LogP contribution in [0.5, 0.6) is 11.5 Å². The first kappa shape index (κ1) is 21.8. The van der Waals surface area contributed by atoms with Crippen molar-refractivity contribution < 1.29 is 23.8 Å².